The van der Waals surface area contributed by atoms with Crippen molar-refractivity contribution in [3.05, 3.63) is 35.5 Å². The van der Waals surface area contributed by atoms with E-state index >= 15 is 0 Å². The highest BCUT2D eigenvalue weighted by atomic mass is 16.5. The van der Waals surface area contributed by atoms with Gasteiger partial charge in [0, 0.05) is 30.1 Å². The third-order valence-corrected chi connectivity index (χ3v) is 7.78. The molecule has 7 nitrogen and oxygen atoms in total. The van der Waals surface area contributed by atoms with Crippen molar-refractivity contribution in [3.8, 4) is 0 Å². The van der Waals surface area contributed by atoms with Crippen molar-refractivity contribution in [1.29, 1.82) is 0 Å². The minimum absolute atomic E-state index is 0.122. The van der Waals surface area contributed by atoms with Crippen LogP contribution in [0.3, 0.4) is 0 Å². The Labute approximate surface area is 182 Å². The van der Waals surface area contributed by atoms with Crippen LogP contribution in [0.5, 0.6) is 0 Å². The number of carbonyl (C=O) groups excluding carboxylic acids is 1. The van der Waals surface area contributed by atoms with Gasteiger partial charge >= 0.3 is 5.97 Å². The third kappa shape index (κ3) is 3.39. The van der Waals surface area contributed by atoms with Crippen LogP contribution in [0.2, 0.25) is 0 Å². The lowest BCUT2D eigenvalue weighted by Crippen LogP contribution is -2.47. The van der Waals surface area contributed by atoms with E-state index in [0.29, 0.717) is 24.1 Å². The molecule has 168 valence electrons. The number of ether oxygens (including phenoxy) is 2. The van der Waals surface area contributed by atoms with E-state index in [9.17, 15) is 10.0 Å². The summed E-state index contributed by atoms with van der Waals surface area (Å²) in [6, 6.07) is 8.19. The molecule has 0 amide bonds. The summed E-state index contributed by atoms with van der Waals surface area (Å²) in [5.41, 5.74) is 11.3. The first-order chi connectivity index (χ1) is 14.9. The van der Waals surface area contributed by atoms with Gasteiger partial charge in [0.15, 0.2) is 0 Å². The quantitative estimate of drug-likeness (QED) is 0.463. The van der Waals surface area contributed by atoms with Gasteiger partial charge in [-0.15, -0.1) is 0 Å². The first-order valence-electron chi connectivity index (χ1n) is 11.5. The topological polar surface area (TPSA) is 98.7 Å². The number of rotatable bonds is 7. The van der Waals surface area contributed by atoms with Crippen molar-refractivity contribution >= 4 is 16.9 Å². The number of nitrogens with two attached hydrogens (primary N) is 1. The Hall–Kier alpha value is -1.93. The summed E-state index contributed by atoms with van der Waals surface area (Å²) in [6.07, 6.45) is 5.32. The zero-order chi connectivity index (χ0) is 21.8. The number of hydrogen-bond donors (Lipinski definition) is 3. The van der Waals surface area contributed by atoms with Crippen LogP contribution in [0.4, 0.5) is 0 Å². The van der Waals surface area contributed by atoms with Crippen molar-refractivity contribution < 1.29 is 19.5 Å². The van der Waals surface area contributed by atoms with Crippen LogP contribution in [0.1, 0.15) is 67.9 Å². The summed E-state index contributed by atoms with van der Waals surface area (Å²) in [5, 5.41) is 10.3. The number of nitrogens with one attached hydrogen (secondary N) is 1. The summed E-state index contributed by atoms with van der Waals surface area (Å²) in [4.78, 5) is 12.9. The standard InChI is InChI=1S/C24H33N3O4/c1-3-30-22(28)20-11-18-10-16(17-6-9-31-23(13-17)7-8-23)4-5-19(18)27(20)24(12-15(24)2)21(25)14-26-29/h4-5,10-11,15,17,21,26,29H,3,6-9,12-14,25H2,1-2H3/t15-,17-,21?,24+/m1/s1. The SMILES string of the molecule is CCOC(=O)c1cc2cc([C@@H]3CCOC4(CC4)C3)ccc2n1[C@@]1(C(N)CNO)C[C@H]1C. The smallest absolute Gasteiger partial charge is 0.354 e. The predicted octanol–water partition coefficient (Wildman–Crippen LogP) is 3.29. The number of aromatic nitrogens is 1. The Morgan fingerprint density at radius 3 is 2.81 bits per heavy atom. The maximum Gasteiger partial charge on any atom is 0.354 e. The van der Waals surface area contributed by atoms with E-state index < -0.39 is 5.54 Å². The van der Waals surface area contributed by atoms with E-state index in [1.807, 2.05) is 13.0 Å². The highest BCUT2D eigenvalue weighted by Gasteiger charge is 2.58. The largest absolute Gasteiger partial charge is 0.461 e. The minimum atomic E-state index is -0.419. The fourth-order valence-corrected chi connectivity index (χ4v) is 5.79. The zero-order valence-electron chi connectivity index (χ0n) is 18.4. The van der Waals surface area contributed by atoms with E-state index in [1.54, 1.807) is 0 Å². The molecule has 3 aliphatic rings. The van der Waals surface area contributed by atoms with Gasteiger partial charge in [-0.1, -0.05) is 13.0 Å². The van der Waals surface area contributed by atoms with Crippen LogP contribution in [-0.2, 0) is 15.0 Å². The Morgan fingerprint density at radius 2 is 2.16 bits per heavy atom. The van der Waals surface area contributed by atoms with Crippen molar-refractivity contribution in [2.75, 3.05) is 19.8 Å². The molecule has 31 heavy (non-hydrogen) atoms. The van der Waals surface area contributed by atoms with Gasteiger partial charge in [0.05, 0.1) is 17.7 Å². The van der Waals surface area contributed by atoms with E-state index in [-0.39, 0.29) is 24.2 Å². The Balaban J connectivity index is 1.58. The third-order valence-electron chi connectivity index (χ3n) is 7.78. The highest BCUT2D eigenvalue weighted by molar-refractivity contribution is 5.96. The molecular formula is C24H33N3O4. The minimum Gasteiger partial charge on any atom is -0.461 e. The molecule has 2 aromatic rings. The molecule has 4 atom stereocenters. The van der Waals surface area contributed by atoms with E-state index in [1.165, 1.54) is 18.4 Å². The van der Waals surface area contributed by atoms with Crippen LogP contribution in [-0.4, -0.2) is 47.1 Å². The summed E-state index contributed by atoms with van der Waals surface area (Å²) < 4.78 is 13.5. The normalized spacial score (nSPS) is 29.8. The molecule has 7 heteroatoms. The average Bonchev–Trinajstić information content (AvgIpc) is 3.62. The molecule has 1 saturated heterocycles. The lowest BCUT2D eigenvalue weighted by atomic mass is 9.87. The number of nitrogens with zero attached hydrogens (tertiary/aromatic N) is 1. The first-order valence-corrected chi connectivity index (χ1v) is 11.5. The van der Waals surface area contributed by atoms with Crippen LogP contribution in [0.25, 0.3) is 10.9 Å². The number of esters is 1. The Morgan fingerprint density at radius 1 is 1.39 bits per heavy atom. The van der Waals surface area contributed by atoms with Crippen molar-refractivity contribution in [1.82, 2.24) is 10.0 Å². The molecule has 0 radical (unpaired) electrons. The van der Waals surface area contributed by atoms with Gasteiger partial charge in [-0.2, -0.15) is 0 Å². The molecule has 1 unspecified atom stereocenters. The number of fused-ring (bicyclic) bond motifs is 1. The molecule has 3 fully saturated rings. The molecule has 2 heterocycles. The Bertz CT molecular complexity index is 998. The van der Waals surface area contributed by atoms with Crippen LogP contribution >= 0.6 is 0 Å². The second-order valence-corrected chi connectivity index (χ2v) is 9.69. The van der Waals surface area contributed by atoms with Gasteiger partial charge in [0.1, 0.15) is 5.69 Å². The van der Waals surface area contributed by atoms with Crippen molar-refractivity contribution in [2.24, 2.45) is 11.7 Å². The van der Waals surface area contributed by atoms with Gasteiger partial charge < -0.3 is 25.0 Å². The van der Waals surface area contributed by atoms with E-state index in [0.717, 1.165) is 36.8 Å². The van der Waals surface area contributed by atoms with Crippen LogP contribution in [0.15, 0.2) is 24.3 Å². The maximum absolute atomic E-state index is 12.9. The highest BCUT2D eigenvalue weighted by Crippen LogP contribution is 2.55. The zero-order valence-corrected chi connectivity index (χ0v) is 18.4. The average molecular weight is 428 g/mol. The summed E-state index contributed by atoms with van der Waals surface area (Å²) in [5.74, 6) is 0.458. The second-order valence-electron chi connectivity index (χ2n) is 9.69. The first kappa shape index (κ1) is 20.9. The van der Waals surface area contributed by atoms with E-state index in [2.05, 4.69) is 35.2 Å². The molecule has 2 aliphatic carbocycles. The molecule has 4 N–H and O–H groups in total. The fourth-order valence-electron chi connectivity index (χ4n) is 5.79. The molecule has 1 aromatic heterocycles. The number of benzene rings is 1. The monoisotopic (exact) mass is 427 g/mol. The lowest BCUT2D eigenvalue weighted by Gasteiger charge is -2.30. The van der Waals surface area contributed by atoms with Gasteiger partial charge in [-0.05, 0) is 74.6 Å². The molecule has 2 saturated carbocycles. The molecular weight excluding hydrogens is 394 g/mol. The van der Waals surface area contributed by atoms with Crippen molar-refractivity contribution in [3.63, 3.8) is 0 Å². The molecule has 0 bridgehead atoms. The number of carbonyl (C=O) groups is 1. The summed E-state index contributed by atoms with van der Waals surface area (Å²) in [7, 11) is 0. The van der Waals surface area contributed by atoms with Gasteiger partial charge in [0.25, 0.3) is 0 Å². The van der Waals surface area contributed by atoms with Crippen LogP contribution < -0.4 is 11.2 Å². The maximum atomic E-state index is 12.9. The number of hydrogen-bond acceptors (Lipinski definition) is 6. The van der Waals surface area contributed by atoms with E-state index in [4.69, 9.17) is 15.2 Å². The Kier molecular flexibility index (Phi) is 5.13. The van der Waals surface area contributed by atoms with Crippen LogP contribution in [0, 0.1) is 5.92 Å². The van der Waals surface area contributed by atoms with Crippen molar-refractivity contribution in [2.45, 2.75) is 69.1 Å². The molecule has 1 aliphatic heterocycles. The van der Waals surface area contributed by atoms with Gasteiger partial charge in [-0.3, -0.25) is 0 Å². The summed E-state index contributed by atoms with van der Waals surface area (Å²) >= 11 is 0. The summed E-state index contributed by atoms with van der Waals surface area (Å²) in [6.45, 7) is 5.36. The lowest BCUT2D eigenvalue weighted by molar-refractivity contribution is -0.0132. The molecule has 5 rings (SSSR count). The molecule has 1 aromatic carbocycles. The predicted molar refractivity (Wildman–Crippen MR) is 117 cm³/mol. The molecule has 1 spiro atoms. The second kappa shape index (κ2) is 7.59. The number of hydroxylamine groups is 1. The van der Waals surface area contributed by atoms with Gasteiger partial charge in [0.2, 0.25) is 0 Å². The van der Waals surface area contributed by atoms with Gasteiger partial charge in [-0.25, -0.2) is 10.3 Å². The fraction of sp³-hybridized carbons (Fsp3) is 0.625.